The number of nitrogens with zero attached hydrogens (tertiary/aromatic N) is 1. The SMILES string of the molecule is CCOC(=O)C(C#N)=C1C[C@H](C)C[C@@H](C)C1. The highest BCUT2D eigenvalue weighted by Crippen LogP contribution is 2.34. The summed E-state index contributed by atoms with van der Waals surface area (Å²) in [6, 6.07) is 2.00. The van der Waals surface area contributed by atoms with E-state index in [2.05, 4.69) is 13.8 Å². The van der Waals surface area contributed by atoms with E-state index < -0.39 is 5.97 Å². The molecule has 0 amide bonds. The van der Waals surface area contributed by atoms with Crippen LogP contribution < -0.4 is 0 Å². The summed E-state index contributed by atoms with van der Waals surface area (Å²) in [5, 5.41) is 9.04. The molecule has 0 bridgehead atoms. The van der Waals surface area contributed by atoms with Crippen LogP contribution in [0.3, 0.4) is 0 Å². The van der Waals surface area contributed by atoms with Crippen LogP contribution in [0.15, 0.2) is 11.1 Å². The number of carbonyl (C=O) groups is 1. The van der Waals surface area contributed by atoms with E-state index in [0.29, 0.717) is 18.4 Å². The lowest BCUT2D eigenvalue weighted by Gasteiger charge is -2.26. The lowest BCUT2D eigenvalue weighted by atomic mass is 9.78. The van der Waals surface area contributed by atoms with Gasteiger partial charge in [0.15, 0.2) is 0 Å². The Hall–Kier alpha value is -1.30. The van der Waals surface area contributed by atoms with Gasteiger partial charge in [-0.1, -0.05) is 13.8 Å². The zero-order chi connectivity index (χ0) is 12.1. The summed E-state index contributed by atoms with van der Waals surface area (Å²) in [5.74, 6) is 0.648. The molecule has 1 rings (SSSR count). The fourth-order valence-electron chi connectivity index (χ4n) is 2.45. The molecule has 3 heteroatoms. The summed E-state index contributed by atoms with van der Waals surface area (Å²) < 4.78 is 4.90. The molecule has 2 atom stereocenters. The summed E-state index contributed by atoms with van der Waals surface area (Å²) >= 11 is 0. The van der Waals surface area contributed by atoms with Gasteiger partial charge in [-0.05, 0) is 43.6 Å². The first-order chi connectivity index (χ1) is 7.58. The average molecular weight is 221 g/mol. The fourth-order valence-corrected chi connectivity index (χ4v) is 2.45. The second-order valence-electron chi connectivity index (χ2n) is 4.67. The summed E-state index contributed by atoms with van der Waals surface area (Å²) in [6.07, 6.45) is 2.88. The summed E-state index contributed by atoms with van der Waals surface area (Å²) in [7, 11) is 0. The molecular weight excluding hydrogens is 202 g/mol. The number of hydrogen-bond donors (Lipinski definition) is 0. The van der Waals surface area contributed by atoms with Gasteiger partial charge in [0.05, 0.1) is 6.61 Å². The van der Waals surface area contributed by atoms with E-state index in [1.807, 2.05) is 6.07 Å². The first kappa shape index (κ1) is 12.8. The standard InChI is InChI=1S/C13H19NO2/c1-4-16-13(15)12(8-14)11-6-9(2)5-10(3)7-11/h9-10H,4-7H2,1-3H3/t9-,10-/m1/s1. The molecule has 1 aliphatic carbocycles. The van der Waals surface area contributed by atoms with Gasteiger partial charge >= 0.3 is 5.97 Å². The van der Waals surface area contributed by atoms with Crippen LogP contribution in [-0.4, -0.2) is 12.6 Å². The Morgan fingerprint density at radius 2 is 2.00 bits per heavy atom. The Morgan fingerprint density at radius 1 is 1.44 bits per heavy atom. The first-order valence-corrected chi connectivity index (χ1v) is 5.87. The van der Waals surface area contributed by atoms with Crippen LogP contribution >= 0.6 is 0 Å². The molecule has 3 nitrogen and oxygen atoms in total. The Bertz CT molecular complexity index is 326. The van der Waals surface area contributed by atoms with Gasteiger partial charge in [-0.2, -0.15) is 5.26 Å². The zero-order valence-corrected chi connectivity index (χ0v) is 10.2. The normalized spacial score (nSPS) is 24.8. The minimum atomic E-state index is -0.457. The van der Waals surface area contributed by atoms with E-state index in [1.54, 1.807) is 6.92 Å². The molecular formula is C13H19NO2. The monoisotopic (exact) mass is 221 g/mol. The zero-order valence-electron chi connectivity index (χ0n) is 10.2. The van der Waals surface area contributed by atoms with Crippen LogP contribution in [0.5, 0.6) is 0 Å². The molecule has 0 aromatic carbocycles. The lowest BCUT2D eigenvalue weighted by Crippen LogP contribution is -2.17. The van der Waals surface area contributed by atoms with Crippen molar-refractivity contribution in [3.8, 4) is 6.07 Å². The van der Waals surface area contributed by atoms with Crippen LogP contribution in [0.25, 0.3) is 0 Å². The molecule has 1 aliphatic rings. The lowest BCUT2D eigenvalue weighted by molar-refractivity contribution is -0.138. The van der Waals surface area contributed by atoms with Gasteiger partial charge in [-0.25, -0.2) is 4.79 Å². The number of esters is 1. The van der Waals surface area contributed by atoms with E-state index in [9.17, 15) is 4.79 Å². The maximum absolute atomic E-state index is 11.6. The molecule has 1 fully saturated rings. The predicted molar refractivity (Wildman–Crippen MR) is 61.5 cm³/mol. The van der Waals surface area contributed by atoms with Crippen molar-refractivity contribution >= 4 is 5.97 Å². The fraction of sp³-hybridized carbons (Fsp3) is 0.692. The molecule has 16 heavy (non-hydrogen) atoms. The maximum atomic E-state index is 11.6. The van der Waals surface area contributed by atoms with Crippen LogP contribution in [0.2, 0.25) is 0 Å². The second-order valence-corrected chi connectivity index (χ2v) is 4.67. The van der Waals surface area contributed by atoms with Crippen molar-refractivity contribution < 1.29 is 9.53 Å². The topological polar surface area (TPSA) is 50.1 Å². The van der Waals surface area contributed by atoms with Gasteiger partial charge in [0, 0.05) is 0 Å². The summed E-state index contributed by atoms with van der Waals surface area (Å²) in [6.45, 7) is 6.40. The summed E-state index contributed by atoms with van der Waals surface area (Å²) in [4.78, 5) is 11.6. The van der Waals surface area contributed by atoms with Crippen molar-refractivity contribution in [1.29, 1.82) is 5.26 Å². The summed E-state index contributed by atoms with van der Waals surface area (Å²) in [5.41, 5.74) is 1.22. The van der Waals surface area contributed by atoms with Gasteiger partial charge in [0.2, 0.25) is 0 Å². The Morgan fingerprint density at radius 3 is 2.44 bits per heavy atom. The Kier molecular flexibility index (Phi) is 4.54. The molecule has 0 aliphatic heterocycles. The molecule has 0 spiro atoms. The average Bonchev–Trinajstić information content (AvgIpc) is 2.17. The molecule has 0 unspecified atom stereocenters. The molecule has 0 aromatic heterocycles. The highest BCUT2D eigenvalue weighted by atomic mass is 16.5. The smallest absolute Gasteiger partial charge is 0.348 e. The molecule has 0 saturated heterocycles. The largest absolute Gasteiger partial charge is 0.462 e. The highest BCUT2D eigenvalue weighted by Gasteiger charge is 2.24. The molecule has 0 aromatic rings. The van der Waals surface area contributed by atoms with Crippen LogP contribution in [-0.2, 0) is 9.53 Å². The third-order valence-electron chi connectivity index (χ3n) is 2.94. The third kappa shape index (κ3) is 3.10. The van der Waals surface area contributed by atoms with Crippen molar-refractivity contribution in [3.05, 3.63) is 11.1 Å². The van der Waals surface area contributed by atoms with Crippen molar-refractivity contribution in [3.63, 3.8) is 0 Å². The van der Waals surface area contributed by atoms with Crippen molar-refractivity contribution in [2.24, 2.45) is 11.8 Å². The van der Waals surface area contributed by atoms with E-state index >= 15 is 0 Å². The number of rotatable bonds is 2. The molecule has 0 N–H and O–H groups in total. The number of hydrogen-bond acceptors (Lipinski definition) is 3. The van der Waals surface area contributed by atoms with E-state index in [4.69, 9.17) is 10.00 Å². The van der Waals surface area contributed by atoms with E-state index in [-0.39, 0.29) is 5.57 Å². The highest BCUT2D eigenvalue weighted by molar-refractivity contribution is 5.93. The number of ether oxygens (including phenoxy) is 1. The van der Waals surface area contributed by atoms with E-state index in [0.717, 1.165) is 18.4 Å². The Labute approximate surface area is 97.1 Å². The molecule has 0 radical (unpaired) electrons. The number of allylic oxidation sites excluding steroid dienone is 1. The number of carbonyl (C=O) groups excluding carboxylic acids is 1. The van der Waals surface area contributed by atoms with Crippen LogP contribution in [0, 0.1) is 23.2 Å². The molecule has 1 saturated carbocycles. The molecule has 88 valence electrons. The van der Waals surface area contributed by atoms with Gasteiger partial charge in [0.1, 0.15) is 11.6 Å². The van der Waals surface area contributed by atoms with Crippen molar-refractivity contribution in [2.75, 3.05) is 6.61 Å². The third-order valence-corrected chi connectivity index (χ3v) is 2.94. The van der Waals surface area contributed by atoms with Gasteiger partial charge < -0.3 is 4.74 Å². The molecule has 0 heterocycles. The van der Waals surface area contributed by atoms with Gasteiger partial charge in [-0.3, -0.25) is 0 Å². The van der Waals surface area contributed by atoms with Gasteiger partial charge in [-0.15, -0.1) is 0 Å². The van der Waals surface area contributed by atoms with Crippen LogP contribution in [0.1, 0.15) is 40.0 Å². The second kappa shape index (κ2) is 5.69. The first-order valence-electron chi connectivity index (χ1n) is 5.87. The number of nitriles is 1. The minimum absolute atomic E-state index is 0.236. The predicted octanol–water partition coefficient (Wildman–Crippen LogP) is 2.83. The van der Waals surface area contributed by atoms with Crippen molar-refractivity contribution in [1.82, 2.24) is 0 Å². The van der Waals surface area contributed by atoms with Gasteiger partial charge in [0.25, 0.3) is 0 Å². The van der Waals surface area contributed by atoms with Crippen LogP contribution in [0.4, 0.5) is 0 Å². The quantitative estimate of drug-likeness (QED) is 0.409. The Balaban J connectivity index is 2.90. The maximum Gasteiger partial charge on any atom is 0.348 e. The van der Waals surface area contributed by atoms with E-state index in [1.165, 1.54) is 6.42 Å². The minimum Gasteiger partial charge on any atom is -0.462 e. The van der Waals surface area contributed by atoms with Crippen molar-refractivity contribution in [2.45, 2.75) is 40.0 Å².